The SMILES string of the molecule is O=C(/C=C/c1ccc([O-])c(O)c1)O[C@@H]1C[C@@](O)(C(=O)O)C[C@@H](O)[C@@H]1O.[K+]. The first-order valence-electron chi connectivity index (χ1n) is 7.33. The third-order valence-electron chi connectivity index (χ3n) is 3.92. The molecule has 1 aliphatic carbocycles. The minimum absolute atomic E-state index is 0. The number of rotatable bonds is 4. The molecule has 5 N–H and O–H groups in total. The summed E-state index contributed by atoms with van der Waals surface area (Å²) in [6.07, 6.45) is -3.53. The van der Waals surface area contributed by atoms with Gasteiger partial charge in [-0.15, -0.1) is 0 Å². The fraction of sp³-hybridized carbons (Fsp3) is 0.375. The second-order valence-electron chi connectivity index (χ2n) is 5.84. The Balaban J connectivity index is 0.00000338. The number of benzene rings is 1. The fourth-order valence-corrected chi connectivity index (χ4v) is 2.53. The number of carbonyl (C=O) groups is 2. The molecule has 0 unspecified atom stereocenters. The van der Waals surface area contributed by atoms with E-state index in [1.807, 2.05) is 0 Å². The summed E-state index contributed by atoms with van der Waals surface area (Å²) in [4.78, 5) is 22.9. The molecule has 136 valence electrons. The Morgan fingerprint density at radius 2 is 1.92 bits per heavy atom. The number of aliphatic hydroxyl groups excluding tert-OH is 2. The number of ether oxygens (including phenoxy) is 1. The minimum atomic E-state index is -2.32. The van der Waals surface area contributed by atoms with Gasteiger partial charge in [-0.1, -0.05) is 17.9 Å². The first kappa shape index (κ1) is 23.1. The number of hydrogen-bond acceptors (Lipinski definition) is 8. The standard InChI is InChI=1S/C16H18O9.K/c17-9-3-1-8(5-10(9)18)2-4-13(20)25-12-7-16(24,15(22)23)6-11(19)14(12)21;/h1-5,11-12,14,17-19,21,24H,6-7H2,(H,22,23);/q;+1/p-1/b4-2+;/t11-,12-,14+,16-;/m1./s1. The zero-order valence-electron chi connectivity index (χ0n) is 13.9. The molecule has 0 heterocycles. The average molecular weight is 392 g/mol. The van der Waals surface area contributed by atoms with Crippen LogP contribution in [0.25, 0.3) is 6.08 Å². The van der Waals surface area contributed by atoms with Gasteiger partial charge in [0, 0.05) is 18.9 Å². The number of carbonyl (C=O) groups excluding carboxylic acids is 1. The summed E-state index contributed by atoms with van der Waals surface area (Å²) < 4.78 is 4.91. The molecule has 0 bridgehead atoms. The Morgan fingerprint density at radius 3 is 2.50 bits per heavy atom. The van der Waals surface area contributed by atoms with Crippen LogP contribution < -0.4 is 56.5 Å². The molecule has 0 saturated heterocycles. The molecule has 1 saturated carbocycles. The van der Waals surface area contributed by atoms with Crippen LogP contribution in [0, 0.1) is 0 Å². The zero-order valence-corrected chi connectivity index (χ0v) is 17.0. The van der Waals surface area contributed by atoms with E-state index >= 15 is 0 Å². The van der Waals surface area contributed by atoms with Crippen LogP contribution in [-0.2, 0) is 14.3 Å². The second kappa shape index (κ2) is 9.29. The van der Waals surface area contributed by atoms with Crippen LogP contribution in [0.2, 0.25) is 0 Å². The van der Waals surface area contributed by atoms with E-state index in [0.717, 1.165) is 18.2 Å². The molecule has 0 radical (unpaired) electrons. The van der Waals surface area contributed by atoms with Gasteiger partial charge >= 0.3 is 63.3 Å². The predicted molar refractivity (Wildman–Crippen MR) is 80.3 cm³/mol. The minimum Gasteiger partial charge on any atom is -0.870 e. The molecule has 1 fully saturated rings. The normalized spacial score (nSPS) is 28.3. The molecule has 0 amide bonds. The van der Waals surface area contributed by atoms with Crippen molar-refractivity contribution in [1.29, 1.82) is 0 Å². The number of hydrogen-bond donors (Lipinski definition) is 5. The first-order chi connectivity index (χ1) is 11.6. The molecule has 0 aliphatic heterocycles. The molecular formula is C16H17KO9. The Morgan fingerprint density at radius 1 is 1.27 bits per heavy atom. The number of aromatic hydroxyl groups is 1. The summed E-state index contributed by atoms with van der Waals surface area (Å²) in [5.41, 5.74) is -1.98. The van der Waals surface area contributed by atoms with Gasteiger partial charge in [0.15, 0.2) is 5.60 Å². The summed E-state index contributed by atoms with van der Waals surface area (Å²) in [7, 11) is 0. The number of phenolic OH excluding ortho intramolecular Hbond substituents is 1. The van der Waals surface area contributed by atoms with Crippen molar-refractivity contribution in [1.82, 2.24) is 0 Å². The third kappa shape index (κ3) is 5.51. The molecular weight excluding hydrogens is 375 g/mol. The molecule has 1 aromatic carbocycles. The van der Waals surface area contributed by atoms with Crippen molar-refractivity contribution < 1.29 is 96.3 Å². The molecule has 1 aliphatic rings. The van der Waals surface area contributed by atoms with Crippen LogP contribution >= 0.6 is 0 Å². The maximum Gasteiger partial charge on any atom is 1.00 e. The maximum atomic E-state index is 11.8. The van der Waals surface area contributed by atoms with Gasteiger partial charge in [0.2, 0.25) is 0 Å². The van der Waals surface area contributed by atoms with Gasteiger partial charge in [0.05, 0.1) is 6.10 Å². The predicted octanol–water partition coefficient (Wildman–Crippen LogP) is -4.27. The average Bonchev–Trinajstić information content (AvgIpc) is 2.53. The van der Waals surface area contributed by atoms with E-state index in [-0.39, 0.29) is 51.4 Å². The van der Waals surface area contributed by atoms with Crippen molar-refractivity contribution in [3.8, 4) is 11.5 Å². The van der Waals surface area contributed by atoms with Crippen molar-refractivity contribution in [2.45, 2.75) is 36.8 Å². The fourth-order valence-electron chi connectivity index (χ4n) is 2.53. The molecule has 4 atom stereocenters. The van der Waals surface area contributed by atoms with Crippen LogP contribution in [0.15, 0.2) is 24.3 Å². The summed E-state index contributed by atoms with van der Waals surface area (Å²) in [6, 6.07) is 3.59. The van der Waals surface area contributed by atoms with Crippen LogP contribution in [0.3, 0.4) is 0 Å². The number of carboxylic acids is 1. The number of esters is 1. The van der Waals surface area contributed by atoms with Crippen LogP contribution in [0.1, 0.15) is 18.4 Å². The van der Waals surface area contributed by atoms with Crippen molar-refractivity contribution in [2.24, 2.45) is 0 Å². The van der Waals surface area contributed by atoms with E-state index in [1.54, 1.807) is 0 Å². The molecule has 10 heteroatoms. The molecule has 26 heavy (non-hydrogen) atoms. The zero-order chi connectivity index (χ0) is 18.8. The summed E-state index contributed by atoms with van der Waals surface area (Å²) in [5.74, 6) is -3.63. The third-order valence-corrected chi connectivity index (χ3v) is 3.92. The largest absolute Gasteiger partial charge is 1.00 e. The Hall–Kier alpha value is -0.984. The molecule has 9 nitrogen and oxygen atoms in total. The topological polar surface area (TPSA) is 168 Å². The van der Waals surface area contributed by atoms with Gasteiger partial charge < -0.3 is 35.4 Å². The molecule has 2 rings (SSSR count). The van der Waals surface area contributed by atoms with Gasteiger partial charge in [0.25, 0.3) is 0 Å². The monoisotopic (exact) mass is 392 g/mol. The van der Waals surface area contributed by atoms with Crippen molar-refractivity contribution in [3.63, 3.8) is 0 Å². The number of aliphatic carboxylic acids is 1. The van der Waals surface area contributed by atoms with E-state index in [4.69, 9.17) is 9.84 Å². The van der Waals surface area contributed by atoms with E-state index in [0.29, 0.717) is 5.56 Å². The van der Waals surface area contributed by atoms with E-state index in [2.05, 4.69) is 0 Å². The summed E-state index contributed by atoms with van der Waals surface area (Å²) in [6.45, 7) is 0. The van der Waals surface area contributed by atoms with Crippen LogP contribution in [0.5, 0.6) is 11.5 Å². The van der Waals surface area contributed by atoms with E-state index in [1.165, 1.54) is 12.1 Å². The smallest absolute Gasteiger partial charge is 0.870 e. The Bertz CT molecular complexity index is 705. The number of phenols is 1. The Labute approximate surface area is 191 Å². The van der Waals surface area contributed by atoms with Crippen molar-refractivity contribution in [3.05, 3.63) is 29.8 Å². The van der Waals surface area contributed by atoms with Crippen molar-refractivity contribution in [2.75, 3.05) is 0 Å². The first-order valence-corrected chi connectivity index (χ1v) is 7.33. The molecule has 1 aromatic rings. The van der Waals surface area contributed by atoms with Crippen LogP contribution in [0.4, 0.5) is 0 Å². The maximum absolute atomic E-state index is 11.8. The summed E-state index contributed by atoms with van der Waals surface area (Å²) in [5, 5.41) is 58.8. The van der Waals surface area contributed by atoms with Crippen molar-refractivity contribution >= 4 is 18.0 Å². The van der Waals surface area contributed by atoms with Gasteiger partial charge in [-0.3, -0.25) is 0 Å². The second-order valence-corrected chi connectivity index (χ2v) is 5.84. The summed E-state index contributed by atoms with van der Waals surface area (Å²) >= 11 is 0. The number of carboxylic acid groups (broad SMARTS) is 1. The van der Waals surface area contributed by atoms with Gasteiger partial charge in [-0.2, -0.15) is 0 Å². The molecule has 0 aromatic heterocycles. The van der Waals surface area contributed by atoms with E-state index in [9.17, 15) is 35.1 Å². The Kier molecular flexibility index (Phi) is 8.23. The van der Waals surface area contributed by atoms with Gasteiger partial charge in [0.1, 0.15) is 18.0 Å². The van der Waals surface area contributed by atoms with Gasteiger partial charge in [-0.25, -0.2) is 9.59 Å². The van der Waals surface area contributed by atoms with E-state index < -0.39 is 60.2 Å². The van der Waals surface area contributed by atoms with Crippen LogP contribution in [-0.4, -0.2) is 61.4 Å². The number of aliphatic hydroxyl groups is 3. The molecule has 0 spiro atoms. The van der Waals surface area contributed by atoms with Gasteiger partial charge in [-0.05, 0) is 17.7 Å². The quantitative estimate of drug-likeness (QED) is 0.193.